The highest BCUT2D eigenvalue weighted by molar-refractivity contribution is 7.99. The summed E-state index contributed by atoms with van der Waals surface area (Å²) in [5.74, 6) is 0.715. The minimum absolute atomic E-state index is 0.0285. The molecule has 0 fully saturated rings. The Morgan fingerprint density at radius 1 is 0.944 bits per heavy atom. The average Bonchev–Trinajstić information content (AvgIpc) is 2.88. The van der Waals surface area contributed by atoms with Crippen LogP contribution >= 0.6 is 23.4 Å². The Kier molecular flexibility index (Phi) is 10.9. The maximum Gasteiger partial charge on any atom is 0.243 e. The highest BCUT2D eigenvalue weighted by Gasteiger charge is 2.31. The van der Waals surface area contributed by atoms with E-state index in [1.54, 1.807) is 4.90 Å². The molecule has 1 N–H and O–H groups in total. The van der Waals surface area contributed by atoms with E-state index in [9.17, 15) is 9.59 Å². The van der Waals surface area contributed by atoms with E-state index >= 15 is 0 Å². The smallest absolute Gasteiger partial charge is 0.243 e. The van der Waals surface area contributed by atoms with Crippen LogP contribution in [0.3, 0.4) is 0 Å². The predicted octanol–water partition coefficient (Wildman–Crippen LogP) is 6.44. The van der Waals surface area contributed by atoms with E-state index in [-0.39, 0.29) is 23.6 Å². The second-order valence-corrected chi connectivity index (χ2v) is 10.4. The van der Waals surface area contributed by atoms with E-state index in [1.165, 1.54) is 11.8 Å². The fourth-order valence-electron chi connectivity index (χ4n) is 3.91. The van der Waals surface area contributed by atoms with Crippen molar-refractivity contribution in [3.8, 4) is 0 Å². The molecule has 0 aliphatic heterocycles. The fraction of sp³-hybridized carbons (Fsp3) is 0.333. The Balaban J connectivity index is 1.87. The molecule has 3 aromatic rings. The number of rotatable bonds is 12. The van der Waals surface area contributed by atoms with Crippen molar-refractivity contribution in [2.24, 2.45) is 0 Å². The molecule has 2 amide bonds. The average molecular weight is 523 g/mol. The first-order chi connectivity index (χ1) is 17.4. The monoisotopic (exact) mass is 522 g/mol. The molecule has 0 heterocycles. The normalized spacial score (nSPS) is 12.6. The van der Waals surface area contributed by atoms with Crippen LogP contribution in [0.5, 0.6) is 0 Å². The summed E-state index contributed by atoms with van der Waals surface area (Å²) in [7, 11) is 0. The van der Waals surface area contributed by atoms with Gasteiger partial charge < -0.3 is 10.2 Å². The second kappa shape index (κ2) is 14.1. The summed E-state index contributed by atoms with van der Waals surface area (Å²) in [5.41, 5.74) is 4.15. The van der Waals surface area contributed by atoms with Crippen molar-refractivity contribution < 1.29 is 9.59 Å². The van der Waals surface area contributed by atoms with Crippen molar-refractivity contribution in [2.75, 3.05) is 5.75 Å². The van der Waals surface area contributed by atoms with E-state index in [1.807, 2.05) is 99.6 Å². The summed E-state index contributed by atoms with van der Waals surface area (Å²) < 4.78 is 0. The lowest BCUT2D eigenvalue weighted by Crippen LogP contribution is -2.52. The SMILES string of the molecule is CCC(C)NC(=O)C(Cc1ccccc1)N(Cc1ccccc1C)C(=O)CSCc1ccccc1Cl. The molecule has 0 aliphatic carbocycles. The van der Waals surface area contributed by atoms with Gasteiger partial charge in [-0.25, -0.2) is 0 Å². The first kappa shape index (κ1) is 27.8. The molecule has 0 radical (unpaired) electrons. The molecule has 36 heavy (non-hydrogen) atoms. The number of nitrogens with one attached hydrogen (secondary N) is 1. The Morgan fingerprint density at radius 2 is 1.58 bits per heavy atom. The molecule has 2 unspecified atom stereocenters. The topological polar surface area (TPSA) is 49.4 Å². The molecule has 0 aliphatic rings. The lowest BCUT2D eigenvalue weighted by molar-refractivity contribution is -0.139. The summed E-state index contributed by atoms with van der Waals surface area (Å²) >= 11 is 7.83. The number of benzene rings is 3. The highest BCUT2D eigenvalue weighted by Crippen LogP contribution is 2.23. The van der Waals surface area contributed by atoms with Gasteiger partial charge in [-0.3, -0.25) is 9.59 Å². The number of hydrogen-bond donors (Lipinski definition) is 1. The van der Waals surface area contributed by atoms with Crippen LogP contribution in [0.15, 0.2) is 78.9 Å². The Bertz CT molecular complexity index is 1140. The Hall–Kier alpha value is -2.76. The van der Waals surface area contributed by atoms with Gasteiger partial charge in [-0.15, -0.1) is 11.8 Å². The summed E-state index contributed by atoms with van der Waals surface area (Å²) in [5, 5.41) is 3.82. The van der Waals surface area contributed by atoms with Crippen molar-refractivity contribution in [3.63, 3.8) is 0 Å². The maximum atomic E-state index is 13.7. The third-order valence-corrected chi connectivity index (χ3v) is 7.65. The summed E-state index contributed by atoms with van der Waals surface area (Å²) in [6.07, 6.45) is 1.28. The van der Waals surface area contributed by atoms with Crippen LogP contribution in [0.4, 0.5) is 0 Å². The molecular formula is C30H35ClN2O2S. The minimum atomic E-state index is -0.616. The van der Waals surface area contributed by atoms with Gasteiger partial charge in [0.2, 0.25) is 11.8 Å². The van der Waals surface area contributed by atoms with Crippen molar-refractivity contribution >= 4 is 35.2 Å². The molecule has 0 bridgehead atoms. The predicted molar refractivity (Wildman–Crippen MR) is 151 cm³/mol. The van der Waals surface area contributed by atoms with Crippen LogP contribution < -0.4 is 5.32 Å². The summed E-state index contributed by atoms with van der Waals surface area (Å²) in [6.45, 7) is 6.45. The zero-order chi connectivity index (χ0) is 25.9. The Morgan fingerprint density at radius 3 is 2.25 bits per heavy atom. The number of hydrogen-bond acceptors (Lipinski definition) is 3. The zero-order valence-electron chi connectivity index (χ0n) is 21.2. The molecule has 190 valence electrons. The lowest BCUT2D eigenvalue weighted by Gasteiger charge is -2.32. The fourth-order valence-corrected chi connectivity index (χ4v) is 5.11. The maximum absolute atomic E-state index is 13.7. The summed E-state index contributed by atoms with van der Waals surface area (Å²) in [4.78, 5) is 29.0. The quantitative estimate of drug-likeness (QED) is 0.298. The van der Waals surface area contributed by atoms with Gasteiger partial charge in [0, 0.05) is 29.8 Å². The van der Waals surface area contributed by atoms with E-state index < -0.39 is 6.04 Å². The molecule has 6 heteroatoms. The van der Waals surface area contributed by atoms with Crippen molar-refractivity contribution in [1.29, 1.82) is 0 Å². The van der Waals surface area contributed by atoms with Gasteiger partial charge in [0.05, 0.1) is 5.75 Å². The summed E-state index contributed by atoms with van der Waals surface area (Å²) in [6, 6.07) is 25.0. The molecule has 2 atom stereocenters. The highest BCUT2D eigenvalue weighted by atomic mass is 35.5. The van der Waals surface area contributed by atoms with Crippen LogP contribution in [0, 0.1) is 6.92 Å². The first-order valence-electron chi connectivity index (χ1n) is 12.4. The number of halogens is 1. The number of carbonyl (C=O) groups is 2. The number of amides is 2. The molecule has 3 aromatic carbocycles. The van der Waals surface area contributed by atoms with Crippen molar-refractivity contribution in [1.82, 2.24) is 10.2 Å². The number of thioether (sulfide) groups is 1. The number of carbonyl (C=O) groups excluding carboxylic acids is 2. The zero-order valence-corrected chi connectivity index (χ0v) is 22.8. The van der Waals surface area contributed by atoms with Gasteiger partial charge in [0.15, 0.2) is 0 Å². The molecule has 0 spiro atoms. The third kappa shape index (κ3) is 8.14. The molecule has 0 saturated carbocycles. The van der Waals surface area contributed by atoms with Crippen molar-refractivity contribution in [2.45, 2.75) is 58.0 Å². The van der Waals surface area contributed by atoms with Gasteiger partial charge in [0.1, 0.15) is 6.04 Å². The first-order valence-corrected chi connectivity index (χ1v) is 13.9. The minimum Gasteiger partial charge on any atom is -0.352 e. The number of aryl methyl sites for hydroxylation is 1. The van der Waals surface area contributed by atoms with Crippen LogP contribution in [-0.2, 0) is 28.3 Å². The van der Waals surface area contributed by atoms with Crippen molar-refractivity contribution in [3.05, 3.63) is 106 Å². The van der Waals surface area contributed by atoms with Gasteiger partial charge in [-0.05, 0) is 48.6 Å². The molecule has 0 aromatic heterocycles. The van der Waals surface area contributed by atoms with Crippen LogP contribution in [-0.4, -0.2) is 34.6 Å². The van der Waals surface area contributed by atoms with E-state index in [2.05, 4.69) is 5.32 Å². The molecular weight excluding hydrogens is 488 g/mol. The number of nitrogens with zero attached hydrogens (tertiary/aromatic N) is 1. The molecule has 4 nitrogen and oxygen atoms in total. The third-order valence-electron chi connectivity index (χ3n) is 6.32. The largest absolute Gasteiger partial charge is 0.352 e. The van der Waals surface area contributed by atoms with Gasteiger partial charge in [0.25, 0.3) is 0 Å². The van der Waals surface area contributed by atoms with Crippen LogP contribution in [0.1, 0.15) is 42.5 Å². The van der Waals surface area contributed by atoms with E-state index in [4.69, 9.17) is 11.6 Å². The second-order valence-electron chi connectivity index (χ2n) is 9.06. The van der Waals surface area contributed by atoms with Crippen LogP contribution in [0.25, 0.3) is 0 Å². The van der Waals surface area contributed by atoms with Gasteiger partial charge in [-0.2, -0.15) is 0 Å². The molecule has 0 saturated heterocycles. The standard InChI is InChI=1S/C30H35ClN2O2S/c1-4-23(3)32-30(35)28(18-24-13-6-5-7-14-24)33(19-25-15-9-8-12-22(25)2)29(34)21-36-20-26-16-10-11-17-27(26)31/h5-17,23,28H,4,18-21H2,1-3H3,(H,32,35). The van der Waals surface area contributed by atoms with E-state index in [0.717, 1.165) is 28.7 Å². The van der Waals surface area contributed by atoms with Gasteiger partial charge >= 0.3 is 0 Å². The Labute approximate surface area is 224 Å². The van der Waals surface area contributed by atoms with E-state index in [0.29, 0.717) is 23.7 Å². The lowest BCUT2D eigenvalue weighted by atomic mass is 10.0. The van der Waals surface area contributed by atoms with Crippen LogP contribution in [0.2, 0.25) is 5.02 Å². The molecule has 3 rings (SSSR count). The van der Waals surface area contributed by atoms with Gasteiger partial charge in [-0.1, -0.05) is 91.3 Å².